The Bertz CT molecular complexity index is 3170. The number of aliphatic hydroxyl groups is 5. The van der Waals surface area contributed by atoms with Crippen molar-refractivity contribution in [2.75, 3.05) is 26.7 Å². The number of H-pyrrole nitrogens is 1. The number of Topliss-reactive ketones (excluding diaryl/α,β-unsaturated/α-hetero) is 2. The number of carbonyl (C=O) groups excluding carboxylic acids is 2. The number of methoxy groups -OCH3 is 1. The number of phenolic OH excluding ortho intramolecular Hbond substituents is 1. The fourth-order valence-corrected chi connectivity index (χ4v) is 18.1. The summed E-state index contributed by atoms with van der Waals surface area (Å²) in [6.07, 6.45) is 8.00. The summed E-state index contributed by atoms with van der Waals surface area (Å²) < 4.78 is 5.61. The second-order valence-corrected chi connectivity index (χ2v) is 26.5. The first-order valence-corrected chi connectivity index (χ1v) is 31.0. The van der Waals surface area contributed by atoms with Crippen LogP contribution in [0, 0.1) is 58.7 Å². The molecule has 4 aromatic rings. The summed E-state index contributed by atoms with van der Waals surface area (Å²) in [7, 11) is 1.49. The van der Waals surface area contributed by atoms with Gasteiger partial charge in [0.05, 0.1) is 31.2 Å². The van der Waals surface area contributed by atoms with E-state index in [1.165, 1.54) is 36.8 Å². The maximum absolute atomic E-state index is 15.2. The van der Waals surface area contributed by atoms with Crippen LogP contribution in [0.15, 0.2) is 89.9 Å². The van der Waals surface area contributed by atoms with Gasteiger partial charge in [-0.05, 0) is 206 Å². The normalized spacial score (nSPS) is 33.2. The molecule has 3 aromatic carbocycles. The summed E-state index contributed by atoms with van der Waals surface area (Å²) in [5.41, 5.74) is 12.1. The molecule has 14 nitrogen and oxygen atoms in total. The lowest BCUT2D eigenvalue weighted by Crippen LogP contribution is -2.66. The third kappa shape index (κ3) is 10.5. The highest BCUT2D eigenvalue weighted by atomic mass is 16.5. The van der Waals surface area contributed by atoms with E-state index in [2.05, 4.69) is 89.2 Å². The van der Waals surface area contributed by atoms with Crippen molar-refractivity contribution in [3.05, 3.63) is 118 Å². The van der Waals surface area contributed by atoms with Gasteiger partial charge in [0.2, 0.25) is 0 Å². The van der Waals surface area contributed by atoms with Crippen LogP contribution in [0.3, 0.4) is 0 Å². The largest absolute Gasteiger partial charge is 0.504 e. The van der Waals surface area contributed by atoms with Gasteiger partial charge in [-0.15, -0.1) is 0 Å². The van der Waals surface area contributed by atoms with Crippen molar-refractivity contribution in [3.63, 3.8) is 0 Å². The second kappa shape index (κ2) is 23.2. The molecule has 6 aliphatic carbocycles. The van der Waals surface area contributed by atoms with Crippen LogP contribution in [0.5, 0.6) is 11.5 Å². The zero-order chi connectivity index (χ0) is 57.2. The molecule has 14 heteroatoms. The number of piperidine rings is 1. The standard InChI is InChI=1S/C68H87N5O9/c1-4-37-34-72-60(69)33-49(37)48(40-12-11-38-9-5-6-10-39(38)25-40)32-55(76)54(75)26-42-17-22-68(58(78)15-13-41-27-57(82-3)56(77)31-47(41)42)23-18-43(28-59(68)79)62-45(14-16-61(80)81)51-35-71-53-30-44(74)29-50-46-19-24-70-66(46)65(64(51)63(50)53)52(62)36-73-67(2)20-7-8-21-67/h5-6,9-12,19,24-25,27,31,33,42-43,45,48,50-55,59,61-65,70-73,75-77,79-81H,4,7-8,13-16,18,20-21,23,26,28-30,32,34-36,69H2,1-3H3. The Morgan fingerprint density at radius 2 is 1.72 bits per heavy atom. The number of nitrogens with one attached hydrogen (secondary N) is 4. The molecule has 82 heavy (non-hydrogen) atoms. The molecule has 2 aliphatic heterocycles. The van der Waals surface area contributed by atoms with Crippen molar-refractivity contribution >= 4 is 22.3 Å². The van der Waals surface area contributed by atoms with E-state index in [0.29, 0.717) is 62.2 Å². The number of allylic oxidation sites excluding steroid dienone is 2. The highest BCUT2D eigenvalue weighted by Gasteiger charge is 2.63. The number of aromatic nitrogens is 1. The number of aromatic amines is 1. The molecule has 0 amide bonds. The molecule has 438 valence electrons. The van der Waals surface area contributed by atoms with Crippen molar-refractivity contribution < 1.29 is 45.0 Å². The SMILES string of the molecule is CCC1=C(C(CC(O)C(O)CC2C#CC3(CCC(C4C(CCC(O)O)C5CNC6CC(=O)CC7c8cc[nH]c8C(C4CNC4(C)CCCC4)C5C67)CC3O)C(=O)CCc3cc(OC)c(O)cc32)c2ccc3ccccc3c2)C=C(N)NC1. The van der Waals surface area contributed by atoms with Gasteiger partial charge in [-0.25, -0.2) is 0 Å². The van der Waals surface area contributed by atoms with Gasteiger partial charge in [0.25, 0.3) is 0 Å². The third-order valence-corrected chi connectivity index (χ3v) is 22.1. The molecule has 0 radical (unpaired) electrons. The number of nitrogens with two attached hydrogens (primary N) is 1. The molecule has 3 heterocycles. The first kappa shape index (κ1) is 57.0. The average Bonchev–Trinajstić information content (AvgIpc) is 2.15. The van der Waals surface area contributed by atoms with E-state index >= 15 is 4.79 Å². The molecule has 12 rings (SSSR count). The van der Waals surface area contributed by atoms with Gasteiger partial charge in [0, 0.05) is 67.0 Å². The molecular formula is C68H87N5O9. The van der Waals surface area contributed by atoms with Crippen LogP contribution in [0.4, 0.5) is 0 Å². The molecule has 16 atom stereocenters. The van der Waals surface area contributed by atoms with Crippen LogP contribution in [0.25, 0.3) is 10.8 Å². The van der Waals surface area contributed by atoms with Crippen LogP contribution in [-0.2, 0) is 16.0 Å². The minimum absolute atomic E-state index is 0.00991. The number of aliphatic hydroxyl groups excluding tert-OH is 4. The number of aryl methyl sites for hydroxylation is 1. The van der Waals surface area contributed by atoms with Crippen LogP contribution >= 0.6 is 0 Å². The summed E-state index contributed by atoms with van der Waals surface area (Å²) in [6, 6.07) is 20.2. The molecule has 1 saturated heterocycles. The lowest BCUT2D eigenvalue weighted by Gasteiger charge is -2.64. The maximum atomic E-state index is 15.2. The first-order chi connectivity index (χ1) is 39.6. The van der Waals surface area contributed by atoms with Crippen molar-refractivity contribution in [1.29, 1.82) is 0 Å². The van der Waals surface area contributed by atoms with Crippen molar-refractivity contribution in [2.45, 2.75) is 176 Å². The molecule has 8 aliphatic rings. The smallest absolute Gasteiger partial charge is 0.160 e. The summed E-state index contributed by atoms with van der Waals surface area (Å²) in [5, 5.41) is 83.9. The van der Waals surface area contributed by atoms with Crippen molar-refractivity contribution in [3.8, 4) is 23.3 Å². The molecule has 4 saturated carbocycles. The van der Waals surface area contributed by atoms with E-state index in [1.807, 2.05) is 18.2 Å². The number of hydrogen-bond donors (Lipinski definition) is 11. The van der Waals surface area contributed by atoms with E-state index in [9.17, 15) is 35.4 Å². The fourth-order valence-electron chi connectivity index (χ4n) is 18.1. The zero-order valence-corrected chi connectivity index (χ0v) is 48.1. The molecule has 1 aromatic heterocycles. The highest BCUT2D eigenvalue weighted by Crippen LogP contribution is 2.66. The van der Waals surface area contributed by atoms with E-state index in [0.717, 1.165) is 59.8 Å². The summed E-state index contributed by atoms with van der Waals surface area (Å²) in [4.78, 5) is 32.4. The summed E-state index contributed by atoms with van der Waals surface area (Å²) in [6.45, 7) is 6.54. The number of ketones is 2. The van der Waals surface area contributed by atoms with Crippen LogP contribution in [-0.4, -0.2) is 110 Å². The Balaban J connectivity index is 0.883. The van der Waals surface area contributed by atoms with E-state index in [4.69, 9.17) is 10.5 Å². The molecule has 5 fully saturated rings. The Labute approximate surface area is 483 Å². The van der Waals surface area contributed by atoms with Gasteiger partial charge in [-0.1, -0.05) is 74.1 Å². The number of ether oxygens (including phenoxy) is 1. The lowest BCUT2D eigenvalue weighted by atomic mass is 9.43. The fraction of sp³-hybridized carbons (Fsp3) is 0.588. The quantitative estimate of drug-likeness (QED) is 0.0377. The zero-order valence-electron chi connectivity index (χ0n) is 48.1. The van der Waals surface area contributed by atoms with Crippen LogP contribution in [0.1, 0.15) is 162 Å². The maximum Gasteiger partial charge on any atom is 0.160 e. The first-order valence-electron chi connectivity index (χ1n) is 31.0. The Kier molecular flexibility index (Phi) is 16.1. The van der Waals surface area contributed by atoms with Crippen LogP contribution in [0.2, 0.25) is 0 Å². The number of benzene rings is 3. The number of hydrogen-bond acceptors (Lipinski definition) is 13. The number of fused-ring (bicyclic) bond motifs is 5. The number of carbonyl (C=O) groups is 2. The van der Waals surface area contributed by atoms with Crippen molar-refractivity contribution in [2.24, 2.45) is 52.6 Å². The van der Waals surface area contributed by atoms with E-state index in [1.54, 1.807) is 12.1 Å². The van der Waals surface area contributed by atoms with E-state index in [-0.39, 0.29) is 120 Å². The molecule has 1 spiro atoms. The topological polar surface area (TPSA) is 243 Å². The molecule has 0 bridgehead atoms. The third-order valence-electron chi connectivity index (χ3n) is 22.1. The van der Waals surface area contributed by atoms with Gasteiger partial charge in [-0.2, -0.15) is 0 Å². The van der Waals surface area contributed by atoms with E-state index < -0.39 is 35.9 Å². The number of rotatable bonds is 16. The number of dihydropyridines is 1. The van der Waals surface area contributed by atoms with Crippen molar-refractivity contribution in [1.82, 2.24) is 20.9 Å². The Morgan fingerprint density at radius 1 is 0.915 bits per heavy atom. The number of aromatic hydroxyl groups is 1. The Hall–Kier alpha value is -5.50. The number of phenols is 1. The van der Waals surface area contributed by atoms with Gasteiger partial charge < -0.3 is 62.0 Å². The summed E-state index contributed by atoms with van der Waals surface area (Å²) in [5.74, 6) is 7.99. The predicted octanol–water partition coefficient (Wildman–Crippen LogP) is 7.97. The minimum atomic E-state index is -1.47. The molecule has 12 N–H and O–H groups in total. The minimum Gasteiger partial charge on any atom is -0.504 e. The van der Waals surface area contributed by atoms with Crippen LogP contribution < -0.4 is 26.4 Å². The van der Waals surface area contributed by atoms with Gasteiger partial charge in [-0.3, -0.25) is 9.59 Å². The average molecular weight is 1120 g/mol. The van der Waals surface area contributed by atoms with Gasteiger partial charge in [0.15, 0.2) is 23.6 Å². The lowest BCUT2D eigenvalue weighted by molar-refractivity contribution is -0.142. The molecule has 16 unspecified atom stereocenters. The second-order valence-electron chi connectivity index (χ2n) is 26.5. The highest BCUT2D eigenvalue weighted by molar-refractivity contribution is 5.89. The van der Waals surface area contributed by atoms with Gasteiger partial charge in [0.1, 0.15) is 11.2 Å². The van der Waals surface area contributed by atoms with Gasteiger partial charge >= 0.3 is 0 Å². The molecular weight excluding hydrogens is 1030 g/mol. The Morgan fingerprint density at radius 3 is 2.49 bits per heavy atom. The predicted molar refractivity (Wildman–Crippen MR) is 315 cm³/mol. The summed E-state index contributed by atoms with van der Waals surface area (Å²) >= 11 is 0. The monoisotopic (exact) mass is 1120 g/mol.